The van der Waals surface area contributed by atoms with E-state index in [1.807, 2.05) is 6.92 Å². The Hall–Kier alpha value is -1.48. The number of Topliss-reactive ketones (excluding diaryl/α,β-unsaturated/α-hetero) is 1. The van der Waals surface area contributed by atoms with E-state index in [0.29, 0.717) is 0 Å². The molecular formula is C15H19ClN2O5S. The van der Waals surface area contributed by atoms with E-state index in [1.54, 1.807) is 12.1 Å². The fourth-order valence-corrected chi connectivity index (χ4v) is 4.93. The van der Waals surface area contributed by atoms with E-state index in [2.05, 4.69) is 4.74 Å². The molecule has 1 heterocycles. The van der Waals surface area contributed by atoms with Gasteiger partial charge in [-0.3, -0.25) is 4.79 Å². The summed E-state index contributed by atoms with van der Waals surface area (Å²) in [6, 6.07) is 6.06. The van der Waals surface area contributed by atoms with Gasteiger partial charge in [0.25, 0.3) is 0 Å². The third-order valence-electron chi connectivity index (χ3n) is 4.06. The van der Waals surface area contributed by atoms with Crippen LogP contribution in [0, 0.1) is 6.92 Å². The van der Waals surface area contributed by atoms with Gasteiger partial charge >= 0.3 is 5.97 Å². The molecule has 3 atom stereocenters. The van der Waals surface area contributed by atoms with Crippen LogP contribution in [0.4, 0.5) is 0 Å². The van der Waals surface area contributed by atoms with Crippen molar-refractivity contribution in [3.63, 3.8) is 0 Å². The Morgan fingerprint density at radius 2 is 1.88 bits per heavy atom. The van der Waals surface area contributed by atoms with Crippen molar-refractivity contribution in [3.05, 3.63) is 29.8 Å². The lowest BCUT2D eigenvalue weighted by Crippen LogP contribution is -2.62. The van der Waals surface area contributed by atoms with E-state index in [-0.39, 0.29) is 24.3 Å². The van der Waals surface area contributed by atoms with Crippen molar-refractivity contribution in [2.75, 3.05) is 6.54 Å². The van der Waals surface area contributed by atoms with E-state index in [4.69, 9.17) is 23.1 Å². The van der Waals surface area contributed by atoms with Gasteiger partial charge in [0.1, 0.15) is 5.25 Å². The molecule has 4 N–H and O–H groups in total. The maximum Gasteiger partial charge on any atom is 0.337 e. The number of nitrogens with two attached hydrogens (primary N) is 2. The average Bonchev–Trinajstić information content (AvgIpc) is 2.72. The molecule has 0 amide bonds. The van der Waals surface area contributed by atoms with Crippen LogP contribution in [0.15, 0.2) is 29.2 Å². The van der Waals surface area contributed by atoms with E-state index < -0.39 is 37.9 Å². The van der Waals surface area contributed by atoms with Crippen LogP contribution < -0.4 is 11.5 Å². The van der Waals surface area contributed by atoms with Gasteiger partial charge < -0.3 is 16.2 Å². The van der Waals surface area contributed by atoms with Crippen LogP contribution in [0.25, 0.3) is 0 Å². The van der Waals surface area contributed by atoms with Crippen molar-refractivity contribution >= 4 is 33.2 Å². The number of carbonyl (C=O) groups is 2. The summed E-state index contributed by atoms with van der Waals surface area (Å²) < 4.78 is 30.7. The van der Waals surface area contributed by atoms with Crippen LogP contribution in [0.5, 0.6) is 0 Å². The highest BCUT2D eigenvalue weighted by molar-refractivity contribution is 7.92. The van der Waals surface area contributed by atoms with Crippen molar-refractivity contribution in [2.45, 2.75) is 41.0 Å². The summed E-state index contributed by atoms with van der Waals surface area (Å²) in [4.78, 5) is 24.4. The fourth-order valence-electron chi connectivity index (χ4n) is 2.65. The van der Waals surface area contributed by atoms with Gasteiger partial charge in [0.2, 0.25) is 11.3 Å². The first-order valence-electron chi connectivity index (χ1n) is 7.34. The highest BCUT2D eigenvalue weighted by Gasteiger charge is 2.62. The maximum absolute atomic E-state index is 13.0. The molecule has 24 heavy (non-hydrogen) atoms. The molecule has 0 spiro atoms. The number of halogens is 1. The van der Waals surface area contributed by atoms with Gasteiger partial charge in [-0.25, -0.2) is 13.2 Å². The molecule has 132 valence electrons. The molecule has 2 rings (SSSR count). The second-order valence-corrected chi connectivity index (χ2v) is 8.26. The monoisotopic (exact) mass is 374 g/mol. The Bertz CT molecular complexity index is 750. The number of cyclic esters (lactones) is 1. The smallest absolute Gasteiger partial charge is 0.337 e. The van der Waals surface area contributed by atoms with Crippen LogP contribution in [0.2, 0.25) is 0 Å². The van der Waals surface area contributed by atoms with Gasteiger partial charge in [0, 0.05) is 0 Å². The molecule has 0 saturated carbocycles. The summed E-state index contributed by atoms with van der Waals surface area (Å²) in [5, 5.41) is -1.50. The molecule has 1 aliphatic heterocycles. The summed E-state index contributed by atoms with van der Waals surface area (Å²) in [6.07, 6.45) is 0.204. The molecule has 1 aliphatic rings. The third-order valence-corrected chi connectivity index (χ3v) is 6.64. The van der Waals surface area contributed by atoms with Crippen molar-refractivity contribution < 1.29 is 22.7 Å². The van der Waals surface area contributed by atoms with E-state index in [1.165, 1.54) is 12.1 Å². The van der Waals surface area contributed by atoms with Crippen LogP contribution in [0.3, 0.4) is 0 Å². The van der Waals surface area contributed by atoms with Crippen LogP contribution in [-0.4, -0.2) is 43.1 Å². The molecule has 0 radical (unpaired) electrons. The largest absolute Gasteiger partial charge is 0.436 e. The molecule has 1 saturated heterocycles. The number of esters is 1. The van der Waals surface area contributed by atoms with Crippen LogP contribution in [0.1, 0.15) is 18.4 Å². The first-order valence-corrected chi connectivity index (χ1v) is 9.33. The zero-order chi connectivity index (χ0) is 18.1. The van der Waals surface area contributed by atoms with E-state index >= 15 is 0 Å². The van der Waals surface area contributed by atoms with Gasteiger partial charge in [0.15, 0.2) is 15.4 Å². The lowest BCUT2D eigenvalue weighted by atomic mass is 9.90. The topological polar surface area (TPSA) is 130 Å². The zero-order valence-corrected chi connectivity index (χ0v) is 14.6. The molecule has 9 heteroatoms. The number of ether oxygens (including phenoxy) is 1. The minimum Gasteiger partial charge on any atom is -0.436 e. The minimum absolute atomic E-state index is 0.0291. The number of hydrogen-bond acceptors (Lipinski definition) is 7. The number of rotatable bonds is 6. The average molecular weight is 375 g/mol. The van der Waals surface area contributed by atoms with Gasteiger partial charge in [-0.05, 0) is 38.4 Å². The number of hydrogen-bond donors (Lipinski definition) is 2. The minimum atomic E-state index is -4.08. The van der Waals surface area contributed by atoms with Crippen molar-refractivity contribution in [2.24, 2.45) is 11.5 Å². The van der Waals surface area contributed by atoms with E-state index in [0.717, 1.165) is 5.56 Å². The molecule has 1 fully saturated rings. The predicted octanol–water partition coefficient (Wildman–Crippen LogP) is 0.265. The van der Waals surface area contributed by atoms with Gasteiger partial charge in [0.05, 0.1) is 4.90 Å². The molecule has 0 aromatic heterocycles. The number of sulfone groups is 1. The Morgan fingerprint density at radius 3 is 2.33 bits per heavy atom. The maximum atomic E-state index is 13.0. The lowest BCUT2D eigenvalue weighted by molar-refractivity contribution is -0.143. The first-order chi connectivity index (χ1) is 11.2. The van der Waals surface area contributed by atoms with Crippen LogP contribution >= 0.6 is 11.6 Å². The van der Waals surface area contributed by atoms with Crippen LogP contribution in [-0.2, 0) is 24.2 Å². The Labute approximate surface area is 145 Å². The molecule has 7 nitrogen and oxygen atoms in total. The zero-order valence-electron chi connectivity index (χ0n) is 13.1. The number of benzene rings is 1. The molecule has 1 aromatic rings. The summed E-state index contributed by atoms with van der Waals surface area (Å²) >= 11 is 5.64. The summed E-state index contributed by atoms with van der Waals surface area (Å²) in [7, 11) is -4.08. The number of ketones is 1. The Balaban J connectivity index is 2.54. The summed E-state index contributed by atoms with van der Waals surface area (Å²) in [6.45, 7) is 1.99. The summed E-state index contributed by atoms with van der Waals surface area (Å²) in [5.74, 6) is -2.09. The molecular weight excluding hydrogens is 356 g/mol. The first kappa shape index (κ1) is 18.9. The van der Waals surface area contributed by atoms with Crippen molar-refractivity contribution in [1.29, 1.82) is 0 Å². The van der Waals surface area contributed by atoms with E-state index in [9.17, 15) is 18.0 Å². The highest BCUT2D eigenvalue weighted by atomic mass is 35.5. The normalized spacial score (nSPS) is 25.6. The molecule has 3 unspecified atom stereocenters. The second kappa shape index (κ2) is 6.79. The highest BCUT2D eigenvalue weighted by Crippen LogP contribution is 2.34. The molecule has 0 bridgehead atoms. The number of carbonyl (C=O) groups excluding carboxylic acids is 2. The lowest BCUT2D eigenvalue weighted by Gasteiger charge is -2.28. The summed E-state index contributed by atoms with van der Waals surface area (Å²) in [5.41, 5.74) is 8.34. The second-order valence-electron chi connectivity index (χ2n) is 5.73. The SMILES string of the molecule is Cc1ccc(S(=O)(=O)C(CCCN)C2(N)C(=O)OC(Cl)C2=O)cc1. The standard InChI is InChI=1S/C15H19ClN2O5S/c1-9-4-6-10(7-5-9)24(21,22)11(3-2-8-17)15(18)12(19)13(16)23-14(15)20/h4-7,11,13H,2-3,8,17-18H2,1H3. The molecule has 0 aliphatic carbocycles. The quantitative estimate of drug-likeness (QED) is 0.415. The van der Waals surface area contributed by atoms with Gasteiger partial charge in [-0.15, -0.1) is 0 Å². The number of alkyl halides is 1. The Kier molecular flexibility index (Phi) is 5.34. The Morgan fingerprint density at radius 1 is 1.29 bits per heavy atom. The molecule has 1 aromatic carbocycles. The predicted molar refractivity (Wildman–Crippen MR) is 88.1 cm³/mol. The van der Waals surface area contributed by atoms with Crippen molar-refractivity contribution in [3.8, 4) is 0 Å². The van der Waals surface area contributed by atoms with Gasteiger partial charge in [-0.2, -0.15) is 0 Å². The third kappa shape index (κ3) is 3.06. The van der Waals surface area contributed by atoms with Gasteiger partial charge in [-0.1, -0.05) is 29.3 Å². The number of aryl methyl sites for hydroxylation is 1. The fraction of sp³-hybridized carbons (Fsp3) is 0.467. The van der Waals surface area contributed by atoms with Crippen molar-refractivity contribution in [1.82, 2.24) is 0 Å².